The highest BCUT2D eigenvalue weighted by atomic mass is 16.5. The van der Waals surface area contributed by atoms with Gasteiger partial charge < -0.3 is 9.47 Å². The minimum Gasteiger partial charge on any atom is -0.426 e. The summed E-state index contributed by atoms with van der Waals surface area (Å²) < 4.78 is 10.1. The monoisotopic (exact) mass is 236 g/mol. The third-order valence-corrected chi connectivity index (χ3v) is 2.07. The van der Waals surface area contributed by atoms with E-state index < -0.39 is 0 Å². The van der Waals surface area contributed by atoms with Crippen LogP contribution in [0.25, 0.3) is 0 Å². The number of rotatable bonds is 4. The molecule has 0 atom stereocenters. The number of aryl methyl sites for hydroxylation is 1. The minimum absolute atomic E-state index is 0.304. The van der Waals surface area contributed by atoms with Gasteiger partial charge in [0.05, 0.1) is 0 Å². The lowest BCUT2D eigenvalue weighted by molar-refractivity contribution is -0.134. The summed E-state index contributed by atoms with van der Waals surface area (Å²) in [7, 11) is 0. The molecule has 0 saturated heterocycles. The van der Waals surface area contributed by atoms with Crippen molar-refractivity contribution in [2.24, 2.45) is 0 Å². The van der Waals surface area contributed by atoms with Gasteiger partial charge in [0.25, 0.3) is 0 Å². The molecule has 1 rings (SSSR count). The molecule has 0 amide bonds. The average Bonchev–Trinajstić information content (AvgIpc) is 2.27. The van der Waals surface area contributed by atoms with Gasteiger partial charge in [0.15, 0.2) is 0 Å². The van der Waals surface area contributed by atoms with Gasteiger partial charge in [0.1, 0.15) is 11.5 Å². The van der Waals surface area contributed by atoms with Crippen LogP contribution >= 0.6 is 0 Å². The van der Waals surface area contributed by atoms with Crippen LogP contribution in [-0.2, 0) is 9.59 Å². The summed E-state index contributed by atoms with van der Waals surface area (Å²) in [5.41, 5.74) is 0.866. The summed E-state index contributed by atoms with van der Waals surface area (Å²) in [6, 6.07) is 4.97. The molecule has 0 N–H and O–H groups in total. The number of esters is 2. The smallest absolute Gasteiger partial charge is 0.310 e. The van der Waals surface area contributed by atoms with Crippen molar-refractivity contribution in [3.8, 4) is 11.5 Å². The number of hydrogen-bond donors (Lipinski definition) is 0. The van der Waals surface area contributed by atoms with Crippen LogP contribution in [0.3, 0.4) is 0 Å². The van der Waals surface area contributed by atoms with Gasteiger partial charge in [0.2, 0.25) is 0 Å². The molecule has 4 nitrogen and oxygen atoms in total. The van der Waals surface area contributed by atoms with Crippen LogP contribution in [0.1, 0.15) is 32.3 Å². The lowest BCUT2D eigenvalue weighted by atomic mass is 10.2. The first-order valence-corrected chi connectivity index (χ1v) is 5.58. The van der Waals surface area contributed by atoms with Crippen LogP contribution in [0.2, 0.25) is 0 Å². The van der Waals surface area contributed by atoms with Gasteiger partial charge in [-0.2, -0.15) is 0 Å². The molecule has 92 valence electrons. The Balaban J connectivity index is 2.86. The summed E-state index contributed by atoms with van der Waals surface area (Å²) in [5.74, 6) is 0.165. The number of hydrogen-bond acceptors (Lipinski definition) is 4. The molecule has 4 heteroatoms. The van der Waals surface area contributed by atoms with Gasteiger partial charge in [-0.15, -0.1) is 0 Å². The largest absolute Gasteiger partial charge is 0.426 e. The number of carbonyl (C=O) groups is 2. The maximum Gasteiger partial charge on any atom is 0.310 e. The van der Waals surface area contributed by atoms with E-state index in [9.17, 15) is 9.59 Å². The molecule has 0 fully saturated rings. The number of carbonyl (C=O) groups excluding carboxylic acids is 2. The second kappa shape index (κ2) is 6.03. The Kier molecular flexibility index (Phi) is 4.69. The van der Waals surface area contributed by atoms with Crippen LogP contribution in [-0.4, -0.2) is 11.9 Å². The molecule has 0 heterocycles. The van der Waals surface area contributed by atoms with E-state index in [4.69, 9.17) is 9.47 Å². The van der Waals surface area contributed by atoms with E-state index in [1.807, 2.05) is 6.92 Å². The van der Waals surface area contributed by atoms with Gasteiger partial charge in [-0.3, -0.25) is 9.59 Å². The lowest BCUT2D eigenvalue weighted by Gasteiger charge is -2.07. The number of benzene rings is 1. The van der Waals surface area contributed by atoms with Gasteiger partial charge in [-0.05, 0) is 24.6 Å². The average molecular weight is 236 g/mol. The van der Waals surface area contributed by atoms with Crippen LogP contribution in [0, 0.1) is 6.92 Å². The fraction of sp³-hybridized carbons (Fsp3) is 0.385. The molecule has 0 aliphatic rings. The Labute approximate surface area is 101 Å². The van der Waals surface area contributed by atoms with Crippen molar-refractivity contribution in [1.82, 2.24) is 0 Å². The second-order valence-corrected chi connectivity index (χ2v) is 3.64. The van der Waals surface area contributed by atoms with Crippen LogP contribution in [0.15, 0.2) is 18.2 Å². The molecular weight excluding hydrogens is 220 g/mol. The normalized spacial score (nSPS) is 9.82. The van der Waals surface area contributed by atoms with Crippen molar-refractivity contribution in [3.05, 3.63) is 23.8 Å². The third-order valence-electron chi connectivity index (χ3n) is 2.07. The van der Waals surface area contributed by atoms with Crippen molar-refractivity contribution in [2.45, 2.75) is 33.6 Å². The Bertz CT molecular complexity index is 387. The van der Waals surface area contributed by atoms with Gasteiger partial charge in [-0.1, -0.05) is 13.8 Å². The topological polar surface area (TPSA) is 52.6 Å². The van der Waals surface area contributed by atoms with Crippen molar-refractivity contribution < 1.29 is 19.1 Å². The van der Waals surface area contributed by atoms with E-state index in [1.54, 1.807) is 26.0 Å². The molecule has 17 heavy (non-hydrogen) atoms. The molecule has 0 spiro atoms. The van der Waals surface area contributed by atoms with E-state index in [1.165, 1.54) is 6.07 Å². The SMILES string of the molecule is CCC(=O)Oc1cc(C)cc(OC(=O)CC)c1. The van der Waals surface area contributed by atoms with Crippen LogP contribution in [0.5, 0.6) is 11.5 Å². The molecule has 0 aromatic heterocycles. The summed E-state index contributed by atoms with van der Waals surface area (Å²) in [4.78, 5) is 22.3. The molecule has 1 aromatic rings. The van der Waals surface area contributed by atoms with Crippen LogP contribution in [0.4, 0.5) is 0 Å². The quantitative estimate of drug-likeness (QED) is 0.595. The summed E-state index contributed by atoms with van der Waals surface area (Å²) in [6.07, 6.45) is 0.607. The number of ether oxygens (including phenoxy) is 2. The molecule has 1 aromatic carbocycles. The summed E-state index contributed by atoms with van der Waals surface area (Å²) in [5, 5.41) is 0. The fourth-order valence-corrected chi connectivity index (χ4v) is 1.24. The molecule has 0 aliphatic carbocycles. The maximum atomic E-state index is 11.2. The predicted octanol–water partition coefficient (Wildman–Crippen LogP) is 2.63. The first-order chi connectivity index (χ1) is 8.05. The Morgan fingerprint density at radius 2 is 1.35 bits per heavy atom. The molecule has 0 unspecified atom stereocenters. The second-order valence-electron chi connectivity index (χ2n) is 3.64. The molecular formula is C13H16O4. The summed E-state index contributed by atoms with van der Waals surface area (Å²) in [6.45, 7) is 5.28. The van der Waals surface area contributed by atoms with Gasteiger partial charge in [-0.25, -0.2) is 0 Å². The van der Waals surface area contributed by atoms with Crippen LogP contribution < -0.4 is 9.47 Å². The molecule has 0 aliphatic heterocycles. The van der Waals surface area contributed by atoms with E-state index >= 15 is 0 Å². The highest BCUT2D eigenvalue weighted by Crippen LogP contribution is 2.23. The lowest BCUT2D eigenvalue weighted by Crippen LogP contribution is -2.08. The van der Waals surface area contributed by atoms with E-state index in [-0.39, 0.29) is 11.9 Å². The first kappa shape index (κ1) is 13.2. The molecule has 0 bridgehead atoms. The van der Waals surface area contributed by atoms with Gasteiger partial charge in [0, 0.05) is 18.9 Å². The predicted molar refractivity (Wildman–Crippen MR) is 63.0 cm³/mol. The zero-order valence-corrected chi connectivity index (χ0v) is 10.3. The Morgan fingerprint density at radius 3 is 1.71 bits per heavy atom. The Morgan fingerprint density at radius 1 is 0.941 bits per heavy atom. The van der Waals surface area contributed by atoms with Crippen molar-refractivity contribution in [3.63, 3.8) is 0 Å². The van der Waals surface area contributed by atoms with Crippen molar-refractivity contribution in [1.29, 1.82) is 0 Å². The summed E-state index contributed by atoms with van der Waals surface area (Å²) >= 11 is 0. The van der Waals surface area contributed by atoms with Gasteiger partial charge >= 0.3 is 11.9 Å². The minimum atomic E-state index is -0.316. The Hall–Kier alpha value is -1.84. The zero-order valence-electron chi connectivity index (χ0n) is 10.3. The molecule has 0 saturated carbocycles. The highest BCUT2D eigenvalue weighted by Gasteiger charge is 2.07. The van der Waals surface area contributed by atoms with E-state index in [0.717, 1.165) is 5.56 Å². The molecule has 0 radical (unpaired) electrons. The van der Waals surface area contributed by atoms with Crippen molar-refractivity contribution >= 4 is 11.9 Å². The third kappa shape index (κ3) is 4.26. The zero-order chi connectivity index (χ0) is 12.8. The fourth-order valence-electron chi connectivity index (χ4n) is 1.24. The standard InChI is InChI=1S/C13H16O4/c1-4-12(14)16-10-6-9(3)7-11(8-10)17-13(15)5-2/h6-8H,4-5H2,1-3H3. The first-order valence-electron chi connectivity index (χ1n) is 5.58. The van der Waals surface area contributed by atoms with Crippen molar-refractivity contribution in [2.75, 3.05) is 0 Å². The highest BCUT2D eigenvalue weighted by molar-refractivity contribution is 5.73. The maximum absolute atomic E-state index is 11.2. The van der Waals surface area contributed by atoms with E-state index in [0.29, 0.717) is 24.3 Å². The van der Waals surface area contributed by atoms with E-state index in [2.05, 4.69) is 0 Å².